The first-order valence-corrected chi connectivity index (χ1v) is 6.28. The van der Waals surface area contributed by atoms with Crippen LogP contribution in [-0.4, -0.2) is 10.9 Å². The molecule has 5 heteroatoms. The number of pyridine rings is 1. The molecule has 1 unspecified atom stereocenters. The number of anilines is 2. The lowest BCUT2D eigenvalue weighted by molar-refractivity contribution is -0.120. The highest BCUT2D eigenvalue weighted by molar-refractivity contribution is 6.31. The topological polar surface area (TPSA) is 54.0 Å². The van der Waals surface area contributed by atoms with Crippen LogP contribution in [0.3, 0.4) is 0 Å². The number of fused-ring (bicyclic) bond motifs is 1. The molecule has 1 aromatic heterocycles. The molecule has 1 amide bonds. The minimum absolute atomic E-state index is 0.129. The predicted octanol–water partition coefficient (Wildman–Crippen LogP) is 3.01. The van der Waals surface area contributed by atoms with Crippen molar-refractivity contribution in [1.29, 1.82) is 0 Å². The summed E-state index contributed by atoms with van der Waals surface area (Å²) in [5, 5.41) is 6.52. The summed E-state index contributed by atoms with van der Waals surface area (Å²) in [5.74, 6) is 0.491. The summed E-state index contributed by atoms with van der Waals surface area (Å²) in [6.45, 7) is 1.83. The number of rotatable bonds is 1. The number of hydrogen-bond donors (Lipinski definition) is 2. The molecule has 4 nitrogen and oxygen atoms in total. The number of benzene rings is 1. The van der Waals surface area contributed by atoms with Gasteiger partial charge in [0.15, 0.2) is 5.82 Å². The molecule has 3 rings (SSSR count). The maximum atomic E-state index is 12.3. The summed E-state index contributed by atoms with van der Waals surface area (Å²) < 4.78 is 0. The van der Waals surface area contributed by atoms with E-state index in [1.54, 1.807) is 12.3 Å². The van der Waals surface area contributed by atoms with Crippen molar-refractivity contribution < 1.29 is 4.79 Å². The highest BCUT2D eigenvalue weighted by atomic mass is 35.5. The number of aromatic nitrogens is 1. The zero-order valence-electron chi connectivity index (χ0n) is 10.3. The fourth-order valence-electron chi connectivity index (χ4n) is 2.15. The van der Waals surface area contributed by atoms with E-state index in [9.17, 15) is 4.79 Å². The van der Waals surface area contributed by atoms with E-state index >= 15 is 0 Å². The highest BCUT2D eigenvalue weighted by Gasteiger charge is 2.39. The summed E-state index contributed by atoms with van der Waals surface area (Å²) in [6.07, 6.45) is 1.55. The smallest absolute Gasteiger partial charge is 0.254 e. The number of hydrogen-bond acceptors (Lipinski definition) is 3. The van der Waals surface area contributed by atoms with Crippen LogP contribution in [0.2, 0.25) is 5.02 Å². The molecule has 2 N–H and O–H groups in total. The second-order valence-corrected chi connectivity index (χ2v) is 5.06. The minimum Gasteiger partial charge on any atom is -0.351 e. The van der Waals surface area contributed by atoms with Crippen molar-refractivity contribution in [2.45, 2.75) is 12.5 Å². The zero-order valence-corrected chi connectivity index (χ0v) is 11.0. The molecule has 1 atom stereocenters. The summed E-state index contributed by atoms with van der Waals surface area (Å²) in [4.78, 5) is 16.6. The van der Waals surface area contributed by atoms with Crippen molar-refractivity contribution in [3.8, 4) is 0 Å². The van der Waals surface area contributed by atoms with Gasteiger partial charge in [-0.25, -0.2) is 4.98 Å². The predicted molar refractivity (Wildman–Crippen MR) is 75.3 cm³/mol. The van der Waals surface area contributed by atoms with Crippen molar-refractivity contribution in [1.82, 2.24) is 4.98 Å². The summed E-state index contributed by atoms with van der Waals surface area (Å²) in [7, 11) is 0. The molecule has 0 spiro atoms. The Kier molecular flexibility index (Phi) is 2.68. The third-order valence-electron chi connectivity index (χ3n) is 3.28. The van der Waals surface area contributed by atoms with Gasteiger partial charge in [-0.05, 0) is 18.6 Å². The van der Waals surface area contributed by atoms with Gasteiger partial charge in [-0.1, -0.05) is 41.9 Å². The van der Waals surface area contributed by atoms with Crippen molar-refractivity contribution in [3.63, 3.8) is 0 Å². The van der Waals surface area contributed by atoms with Crippen molar-refractivity contribution >= 4 is 29.0 Å². The molecular weight excluding hydrogens is 262 g/mol. The standard InChI is InChI=1S/C14H12ClN3O/c1-14(9-5-3-2-4-6-9)13(19)17-11-7-10(15)8-16-12(11)18-14/h2-8H,1H3,(H,16,18)(H,17,19). The molecule has 2 aromatic rings. The quantitative estimate of drug-likeness (QED) is 0.840. The normalized spacial score (nSPS) is 21.3. The van der Waals surface area contributed by atoms with E-state index in [1.807, 2.05) is 37.3 Å². The van der Waals surface area contributed by atoms with Crippen LogP contribution in [0.5, 0.6) is 0 Å². The van der Waals surface area contributed by atoms with E-state index in [2.05, 4.69) is 15.6 Å². The second kappa shape index (κ2) is 4.24. The van der Waals surface area contributed by atoms with Gasteiger partial charge in [0.25, 0.3) is 5.91 Å². The van der Waals surface area contributed by atoms with E-state index in [-0.39, 0.29) is 5.91 Å². The third kappa shape index (κ3) is 1.94. The van der Waals surface area contributed by atoms with Crippen molar-refractivity contribution in [2.75, 3.05) is 10.6 Å². The molecule has 0 radical (unpaired) electrons. The summed E-state index contributed by atoms with van der Waals surface area (Å²) in [5.41, 5.74) is 0.649. The number of carbonyl (C=O) groups excluding carboxylic acids is 1. The maximum Gasteiger partial charge on any atom is 0.254 e. The Morgan fingerprint density at radius 1 is 1.26 bits per heavy atom. The van der Waals surface area contributed by atoms with Gasteiger partial charge in [0.05, 0.1) is 10.7 Å². The number of halogens is 1. The molecule has 2 heterocycles. The van der Waals surface area contributed by atoms with Gasteiger partial charge in [0.2, 0.25) is 0 Å². The van der Waals surface area contributed by atoms with Crippen LogP contribution >= 0.6 is 11.6 Å². The molecule has 0 bridgehead atoms. The highest BCUT2D eigenvalue weighted by Crippen LogP contribution is 2.35. The van der Waals surface area contributed by atoms with Gasteiger partial charge < -0.3 is 10.6 Å². The Morgan fingerprint density at radius 3 is 2.74 bits per heavy atom. The van der Waals surface area contributed by atoms with E-state index in [0.717, 1.165) is 5.56 Å². The molecule has 1 aromatic carbocycles. The minimum atomic E-state index is -0.838. The Labute approximate surface area is 115 Å². The van der Waals surface area contributed by atoms with Crippen LogP contribution in [0.25, 0.3) is 0 Å². The van der Waals surface area contributed by atoms with E-state index < -0.39 is 5.54 Å². The lowest BCUT2D eigenvalue weighted by Gasteiger charge is -2.35. The van der Waals surface area contributed by atoms with E-state index in [4.69, 9.17) is 11.6 Å². The van der Waals surface area contributed by atoms with Crippen LogP contribution in [0.1, 0.15) is 12.5 Å². The molecule has 0 saturated heterocycles. The van der Waals surface area contributed by atoms with Crippen molar-refractivity contribution in [3.05, 3.63) is 53.2 Å². The fourth-order valence-corrected chi connectivity index (χ4v) is 2.31. The number of nitrogens with one attached hydrogen (secondary N) is 2. The lowest BCUT2D eigenvalue weighted by atomic mass is 9.89. The van der Waals surface area contributed by atoms with Crippen LogP contribution in [0.15, 0.2) is 42.6 Å². The van der Waals surface area contributed by atoms with Crippen LogP contribution in [0.4, 0.5) is 11.5 Å². The maximum absolute atomic E-state index is 12.3. The first kappa shape index (κ1) is 12.0. The molecule has 0 fully saturated rings. The molecule has 0 aliphatic carbocycles. The first-order chi connectivity index (χ1) is 9.09. The van der Waals surface area contributed by atoms with Crippen LogP contribution in [0, 0.1) is 0 Å². The van der Waals surface area contributed by atoms with Crippen molar-refractivity contribution in [2.24, 2.45) is 0 Å². The van der Waals surface area contributed by atoms with Gasteiger partial charge >= 0.3 is 0 Å². The third-order valence-corrected chi connectivity index (χ3v) is 3.48. The van der Waals surface area contributed by atoms with Gasteiger partial charge in [-0.2, -0.15) is 0 Å². The lowest BCUT2D eigenvalue weighted by Crippen LogP contribution is -2.47. The van der Waals surface area contributed by atoms with E-state index in [1.165, 1.54) is 0 Å². The Hall–Kier alpha value is -2.07. The van der Waals surface area contributed by atoms with Gasteiger partial charge in [0.1, 0.15) is 5.54 Å². The molecule has 0 saturated carbocycles. The van der Waals surface area contributed by atoms with E-state index in [0.29, 0.717) is 16.5 Å². The Bertz CT molecular complexity index is 644. The average Bonchev–Trinajstić information content (AvgIpc) is 2.42. The zero-order chi connectivity index (χ0) is 13.5. The van der Waals surface area contributed by atoms with Gasteiger partial charge in [-0.3, -0.25) is 4.79 Å². The number of amides is 1. The van der Waals surface area contributed by atoms with Crippen LogP contribution < -0.4 is 10.6 Å². The Balaban J connectivity index is 2.07. The molecule has 1 aliphatic rings. The Morgan fingerprint density at radius 2 is 2.00 bits per heavy atom. The van der Waals surface area contributed by atoms with Gasteiger partial charge in [0, 0.05) is 6.20 Å². The molecule has 1 aliphatic heterocycles. The van der Waals surface area contributed by atoms with Crippen LogP contribution in [-0.2, 0) is 10.3 Å². The largest absolute Gasteiger partial charge is 0.351 e. The SMILES string of the molecule is CC1(c2ccccc2)Nc2ncc(Cl)cc2NC1=O. The molecule has 19 heavy (non-hydrogen) atoms. The summed E-state index contributed by atoms with van der Waals surface area (Å²) in [6, 6.07) is 11.2. The average molecular weight is 274 g/mol. The molecule has 96 valence electrons. The number of nitrogens with zero attached hydrogens (tertiary/aromatic N) is 1. The van der Waals surface area contributed by atoms with Gasteiger partial charge in [-0.15, -0.1) is 0 Å². The monoisotopic (exact) mass is 273 g/mol. The summed E-state index contributed by atoms with van der Waals surface area (Å²) >= 11 is 5.87. The number of carbonyl (C=O) groups is 1. The molecular formula is C14H12ClN3O. The second-order valence-electron chi connectivity index (χ2n) is 4.62. The fraction of sp³-hybridized carbons (Fsp3) is 0.143. The first-order valence-electron chi connectivity index (χ1n) is 5.90.